The summed E-state index contributed by atoms with van der Waals surface area (Å²) in [5.74, 6) is 0.383. The fourth-order valence-corrected chi connectivity index (χ4v) is 3.01. The molecule has 2 rings (SSSR count). The molecule has 27 heavy (non-hydrogen) atoms. The molecule has 0 saturated carbocycles. The first-order valence-electron chi connectivity index (χ1n) is 8.56. The zero-order valence-corrected chi connectivity index (χ0v) is 17.2. The van der Waals surface area contributed by atoms with E-state index >= 15 is 0 Å². The summed E-state index contributed by atoms with van der Waals surface area (Å²) in [5.41, 5.74) is 5.64. The summed E-state index contributed by atoms with van der Waals surface area (Å²) in [6.45, 7) is 8.00. The topological polar surface area (TPSA) is 105 Å². The lowest BCUT2D eigenvalue weighted by atomic mass is 10.1. The van der Waals surface area contributed by atoms with Crippen molar-refractivity contribution < 1.29 is 19.1 Å². The summed E-state index contributed by atoms with van der Waals surface area (Å²) in [5, 5.41) is 6.78. The van der Waals surface area contributed by atoms with Gasteiger partial charge in [0.25, 0.3) is 11.8 Å². The van der Waals surface area contributed by atoms with Gasteiger partial charge >= 0.3 is 0 Å². The number of aromatic amines is 1. The van der Waals surface area contributed by atoms with Crippen molar-refractivity contribution in [2.75, 3.05) is 6.61 Å². The highest BCUT2D eigenvalue weighted by Gasteiger charge is 2.21. The largest absolute Gasteiger partial charge is 0.494 e. The first-order valence-corrected chi connectivity index (χ1v) is 9.36. The van der Waals surface area contributed by atoms with Gasteiger partial charge in [-0.25, -0.2) is 0 Å². The number of H-pyrrole nitrogens is 1. The molecule has 0 aliphatic rings. The smallest absolute Gasteiger partial charge is 0.291 e. The Balaban J connectivity index is 1.88. The Labute approximate surface area is 166 Å². The van der Waals surface area contributed by atoms with Crippen molar-refractivity contribution in [2.45, 2.75) is 39.7 Å². The molecule has 0 aliphatic heterocycles. The highest BCUT2D eigenvalue weighted by molar-refractivity contribution is 9.10. The van der Waals surface area contributed by atoms with Gasteiger partial charge in [0.2, 0.25) is 0 Å². The van der Waals surface area contributed by atoms with E-state index in [1.807, 2.05) is 20.8 Å². The van der Waals surface area contributed by atoms with Crippen molar-refractivity contribution in [3.05, 3.63) is 40.1 Å². The second kappa shape index (κ2) is 9.40. The van der Waals surface area contributed by atoms with Crippen LogP contribution >= 0.6 is 15.9 Å². The van der Waals surface area contributed by atoms with E-state index in [9.17, 15) is 9.59 Å². The van der Waals surface area contributed by atoms with Gasteiger partial charge in [-0.05, 0) is 60.0 Å². The molecule has 146 valence electrons. The summed E-state index contributed by atoms with van der Waals surface area (Å²) >= 11 is 3.35. The Hall–Kier alpha value is -2.55. The lowest BCUT2D eigenvalue weighted by molar-refractivity contribution is -0.128. The molecular formula is C18H23BrN4O4. The second-order valence-electron chi connectivity index (χ2n) is 6.06. The lowest BCUT2D eigenvalue weighted by Gasteiger charge is -2.15. The number of benzene rings is 1. The minimum absolute atomic E-state index is 0.166. The number of aromatic nitrogens is 2. The SMILES string of the molecule is CCOc1ccc(OC(C)C(=O)NNC(=O)c2n[nH]c(C(C)C)c2Br)cc1. The van der Waals surface area contributed by atoms with E-state index in [2.05, 4.69) is 37.0 Å². The van der Waals surface area contributed by atoms with Crippen LogP contribution in [0.4, 0.5) is 0 Å². The zero-order chi connectivity index (χ0) is 20.0. The summed E-state index contributed by atoms with van der Waals surface area (Å²) in [6, 6.07) is 6.93. The number of carbonyl (C=O) groups excluding carboxylic acids is 2. The van der Waals surface area contributed by atoms with Gasteiger partial charge in [0.15, 0.2) is 11.8 Å². The van der Waals surface area contributed by atoms with Gasteiger partial charge in [0.1, 0.15) is 11.5 Å². The van der Waals surface area contributed by atoms with Crippen LogP contribution in [0.2, 0.25) is 0 Å². The van der Waals surface area contributed by atoms with Crippen LogP contribution in [0.15, 0.2) is 28.7 Å². The van der Waals surface area contributed by atoms with Crippen LogP contribution in [-0.2, 0) is 4.79 Å². The number of amides is 2. The molecule has 1 aromatic heterocycles. The summed E-state index contributed by atoms with van der Waals surface area (Å²) in [7, 11) is 0. The zero-order valence-electron chi connectivity index (χ0n) is 15.6. The molecule has 0 aliphatic carbocycles. The Bertz CT molecular complexity index is 789. The van der Waals surface area contributed by atoms with Crippen molar-refractivity contribution in [1.29, 1.82) is 0 Å². The lowest BCUT2D eigenvalue weighted by Crippen LogP contribution is -2.47. The number of ether oxygens (including phenoxy) is 2. The molecule has 1 aromatic carbocycles. The van der Waals surface area contributed by atoms with Crippen LogP contribution in [0.25, 0.3) is 0 Å². The van der Waals surface area contributed by atoms with Gasteiger partial charge in [-0.1, -0.05) is 13.8 Å². The number of hydrogen-bond donors (Lipinski definition) is 3. The summed E-state index contributed by atoms with van der Waals surface area (Å²) in [4.78, 5) is 24.3. The highest BCUT2D eigenvalue weighted by atomic mass is 79.9. The van der Waals surface area contributed by atoms with Gasteiger partial charge in [-0.15, -0.1) is 0 Å². The Morgan fingerprint density at radius 1 is 1.15 bits per heavy atom. The first kappa shape index (κ1) is 20.8. The molecule has 0 spiro atoms. The fraction of sp³-hybridized carbons (Fsp3) is 0.389. The van der Waals surface area contributed by atoms with E-state index in [1.54, 1.807) is 31.2 Å². The average Bonchev–Trinajstić information content (AvgIpc) is 3.03. The van der Waals surface area contributed by atoms with E-state index in [1.165, 1.54) is 0 Å². The van der Waals surface area contributed by atoms with Crippen molar-refractivity contribution >= 4 is 27.7 Å². The molecule has 0 radical (unpaired) electrons. The molecule has 1 unspecified atom stereocenters. The Morgan fingerprint density at radius 2 is 1.78 bits per heavy atom. The summed E-state index contributed by atoms with van der Waals surface area (Å²) in [6.07, 6.45) is -0.808. The number of nitrogens with one attached hydrogen (secondary N) is 3. The third-order valence-corrected chi connectivity index (χ3v) is 4.44. The van der Waals surface area contributed by atoms with Crippen LogP contribution in [0.5, 0.6) is 11.5 Å². The van der Waals surface area contributed by atoms with Crippen LogP contribution in [0, 0.1) is 0 Å². The highest BCUT2D eigenvalue weighted by Crippen LogP contribution is 2.25. The number of halogens is 1. The third-order valence-electron chi connectivity index (χ3n) is 3.64. The predicted octanol–water partition coefficient (Wildman–Crippen LogP) is 2.92. The van der Waals surface area contributed by atoms with E-state index in [0.717, 1.165) is 11.4 Å². The van der Waals surface area contributed by atoms with Gasteiger partial charge in [0, 0.05) is 0 Å². The van der Waals surface area contributed by atoms with Crippen LogP contribution in [-0.4, -0.2) is 34.7 Å². The number of hydrazine groups is 1. The molecular weight excluding hydrogens is 416 g/mol. The van der Waals surface area contributed by atoms with Crippen molar-refractivity contribution in [1.82, 2.24) is 21.0 Å². The molecule has 0 saturated heterocycles. The number of rotatable bonds is 7. The maximum Gasteiger partial charge on any atom is 0.291 e. The summed E-state index contributed by atoms with van der Waals surface area (Å²) < 4.78 is 11.5. The number of hydrogen-bond acceptors (Lipinski definition) is 5. The molecule has 9 heteroatoms. The molecule has 1 atom stereocenters. The maximum absolute atomic E-state index is 12.2. The predicted molar refractivity (Wildman–Crippen MR) is 104 cm³/mol. The minimum atomic E-state index is -0.808. The maximum atomic E-state index is 12.2. The van der Waals surface area contributed by atoms with Crippen LogP contribution in [0.1, 0.15) is 49.8 Å². The molecule has 1 heterocycles. The molecule has 3 N–H and O–H groups in total. The number of nitrogens with zero attached hydrogens (tertiary/aromatic N) is 1. The average molecular weight is 439 g/mol. The fourth-order valence-electron chi connectivity index (χ4n) is 2.19. The van der Waals surface area contributed by atoms with Gasteiger partial charge in [0.05, 0.1) is 16.8 Å². The van der Waals surface area contributed by atoms with Crippen molar-refractivity contribution in [2.24, 2.45) is 0 Å². The Kier molecular flexibility index (Phi) is 7.23. The van der Waals surface area contributed by atoms with E-state index in [-0.39, 0.29) is 11.6 Å². The van der Waals surface area contributed by atoms with Gasteiger partial charge < -0.3 is 9.47 Å². The molecule has 0 fully saturated rings. The van der Waals surface area contributed by atoms with Crippen LogP contribution in [0.3, 0.4) is 0 Å². The molecule has 0 bridgehead atoms. The molecule has 2 amide bonds. The van der Waals surface area contributed by atoms with Crippen LogP contribution < -0.4 is 20.3 Å². The molecule has 8 nitrogen and oxygen atoms in total. The standard InChI is InChI=1S/C18H23BrN4O4/c1-5-26-12-6-8-13(9-7-12)27-11(4)17(24)22-23-18(25)16-14(19)15(10(2)3)20-21-16/h6-11H,5H2,1-4H3,(H,20,21)(H,22,24)(H,23,25). The van der Waals surface area contributed by atoms with Gasteiger partial charge in [-0.3, -0.25) is 25.5 Å². The van der Waals surface area contributed by atoms with Crippen molar-refractivity contribution in [3.8, 4) is 11.5 Å². The first-order chi connectivity index (χ1) is 12.8. The normalized spacial score (nSPS) is 11.8. The number of carbonyl (C=O) groups is 2. The van der Waals surface area contributed by atoms with E-state index < -0.39 is 17.9 Å². The third kappa shape index (κ3) is 5.46. The second-order valence-corrected chi connectivity index (χ2v) is 6.86. The quantitative estimate of drug-likeness (QED) is 0.576. The van der Waals surface area contributed by atoms with E-state index in [4.69, 9.17) is 9.47 Å². The Morgan fingerprint density at radius 3 is 2.33 bits per heavy atom. The molecule has 2 aromatic rings. The van der Waals surface area contributed by atoms with E-state index in [0.29, 0.717) is 16.8 Å². The van der Waals surface area contributed by atoms with Crippen molar-refractivity contribution in [3.63, 3.8) is 0 Å². The van der Waals surface area contributed by atoms with Gasteiger partial charge in [-0.2, -0.15) is 5.10 Å². The minimum Gasteiger partial charge on any atom is -0.494 e. The monoisotopic (exact) mass is 438 g/mol.